The van der Waals surface area contributed by atoms with Crippen molar-refractivity contribution in [3.63, 3.8) is 0 Å². The van der Waals surface area contributed by atoms with Crippen molar-refractivity contribution in [1.82, 2.24) is 20.1 Å². The van der Waals surface area contributed by atoms with Gasteiger partial charge < -0.3 is 5.32 Å². The van der Waals surface area contributed by atoms with E-state index in [1.165, 1.54) is 0 Å². The van der Waals surface area contributed by atoms with Crippen LogP contribution in [0.5, 0.6) is 0 Å². The molecule has 0 atom stereocenters. The highest BCUT2D eigenvalue weighted by molar-refractivity contribution is 6.30. The van der Waals surface area contributed by atoms with Gasteiger partial charge in [0.1, 0.15) is 0 Å². The largest absolute Gasteiger partial charge is 0.308 e. The molecule has 0 radical (unpaired) electrons. The third kappa shape index (κ3) is 3.55. The fraction of sp³-hybridized carbons (Fsp3) is 0.385. The van der Waals surface area contributed by atoms with Crippen LogP contribution >= 0.6 is 11.6 Å². The molecule has 1 N–H and O–H groups in total. The predicted octanol–water partition coefficient (Wildman–Crippen LogP) is 2.81. The molecule has 0 spiro atoms. The molecule has 2 rings (SSSR count). The van der Waals surface area contributed by atoms with Crippen LogP contribution in [0.1, 0.15) is 26.3 Å². The van der Waals surface area contributed by atoms with E-state index < -0.39 is 0 Å². The molecule has 0 aromatic carbocycles. The number of aromatic nitrogens is 3. The van der Waals surface area contributed by atoms with Gasteiger partial charge >= 0.3 is 0 Å². The van der Waals surface area contributed by atoms with E-state index in [2.05, 4.69) is 36.2 Å². The minimum absolute atomic E-state index is 0.105. The van der Waals surface area contributed by atoms with Gasteiger partial charge in [0.15, 0.2) is 5.82 Å². The molecule has 0 bridgehead atoms. The van der Waals surface area contributed by atoms with Crippen LogP contribution in [0, 0.1) is 0 Å². The van der Waals surface area contributed by atoms with Gasteiger partial charge in [0.05, 0.1) is 17.4 Å². The van der Waals surface area contributed by atoms with Crippen molar-refractivity contribution in [3.8, 4) is 5.82 Å². The maximum atomic E-state index is 5.82. The molecule has 0 saturated carbocycles. The summed E-state index contributed by atoms with van der Waals surface area (Å²) in [7, 11) is 0. The zero-order valence-electron chi connectivity index (χ0n) is 10.8. The Morgan fingerprint density at radius 2 is 2.06 bits per heavy atom. The molecule has 2 heterocycles. The van der Waals surface area contributed by atoms with E-state index in [0.29, 0.717) is 5.02 Å². The van der Waals surface area contributed by atoms with E-state index in [-0.39, 0.29) is 5.54 Å². The first-order valence-corrected chi connectivity index (χ1v) is 6.22. The van der Waals surface area contributed by atoms with Crippen molar-refractivity contribution in [1.29, 1.82) is 0 Å². The van der Waals surface area contributed by atoms with Crippen LogP contribution in [0.4, 0.5) is 0 Å². The number of nitrogens with one attached hydrogen (secondary N) is 1. The molecule has 5 heteroatoms. The van der Waals surface area contributed by atoms with Crippen LogP contribution < -0.4 is 5.32 Å². The Balaban J connectivity index is 2.06. The Kier molecular flexibility index (Phi) is 3.68. The molecule has 96 valence electrons. The second-order valence-electron chi connectivity index (χ2n) is 5.23. The molecule has 0 aliphatic carbocycles. The van der Waals surface area contributed by atoms with Crippen LogP contribution in [0.3, 0.4) is 0 Å². The van der Waals surface area contributed by atoms with Crippen LogP contribution in [-0.2, 0) is 6.54 Å². The predicted molar refractivity (Wildman–Crippen MR) is 73.0 cm³/mol. The van der Waals surface area contributed by atoms with E-state index in [0.717, 1.165) is 17.9 Å². The maximum absolute atomic E-state index is 5.82. The summed E-state index contributed by atoms with van der Waals surface area (Å²) >= 11 is 5.82. The Morgan fingerprint density at radius 3 is 2.56 bits per heavy atom. The van der Waals surface area contributed by atoms with Crippen molar-refractivity contribution < 1.29 is 0 Å². The molecule has 4 nitrogen and oxygen atoms in total. The monoisotopic (exact) mass is 264 g/mol. The van der Waals surface area contributed by atoms with Gasteiger partial charge in [-0.3, -0.25) is 0 Å². The number of hydrogen-bond acceptors (Lipinski definition) is 3. The quantitative estimate of drug-likeness (QED) is 0.927. The van der Waals surface area contributed by atoms with Gasteiger partial charge in [-0.15, -0.1) is 0 Å². The molecule has 18 heavy (non-hydrogen) atoms. The van der Waals surface area contributed by atoms with E-state index in [1.54, 1.807) is 17.1 Å². The minimum Gasteiger partial charge on any atom is -0.308 e. The van der Waals surface area contributed by atoms with Crippen LogP contribution in [0.25, 0.3) is 5.82 Å². The van der Waals surface area contributed by atoms with Gasteiger partial charge in [-0.1, -0.05) is 17.7 Å². The smallest absolute Gasteiger partial charge is 0.153 e. The summed E-state index contributed by atoms with van der Waals surface area (Å²) < 4.78 is 1.66. The van der Waals surface area contributed by atoms with E-state index in [4.69, 9.17) is 11.6 Å². The van der Waals surface area contributed by atoms with Crippen LogP contribution in [0.15, 0.2) is 30.7 Å². The fourth-order valence-electron chi connectivity index (χ4n) is 1.45. The molecule has 0 aliphatic rings. The first-order valence-electron chi connectivity index (χ1n) is 5.84. The van der Waals surface area contributed by atoms with Crippen molar-refractivity contribution in [2.24, 2.45) is 0 Å². The molecule has 2 aromatic heterocycles. The number of hydrogen-bond donors (Lipinski definition) is 1. The summed E-state index contributed by atoms with van der Waals surface area (Å²) in [4.78, 5) is 4.36. The lowest BCUT2D eigenvalue weighted by molar-refractivity contribution is 0.424. The summed E-state index contributed by atoms with van der Waals surface area (Å²) in [5.41, 5.74) is 1.25. The molecule has 2 aromatic rings. The lowest BCUT2D eigenvalue weighted by atomic mass is 10.1. The molecular formula is C13H17ClN4. The van der Waals surface area contributed by atoms with Crippen LogP contribution in [-0.4, -0.2) is 20.3 Å². The lowest BCUT2D eigenvalue weighted by Crippen LogP contribution is -2.35. The first kappa shape index (κ1) is 13.1. The Hall–Kier alpha value is -1.39. The molecule has 0 fully saturated rings. The van der Waals surface area contributed by atoms with E-state index in [1.807, 2.05) is 18.3 Å². The number of halogens is 1. The molecular weight excluding hydrogens is 248 g/mol. The number of nitrogens with zero attached hydrogens (tertiary/aromatic N) is 3. The van der Waals surface area contributed by atoms with E-state index >= 15 is 0 Å². The van der Waals surface area contributed by atoms with Gasteiger partial charge in [-0.25, -0.2) is 9.67 Å². The molecule has 0 unspecified atom stereocenters. The van der Waals surface area contributed by atoms with Crippen molar-refractivity contribution in [2.75, 3.05) is 0 Å². The van der Waals surface area contributed by atoms with Gasteiger partial charge in [-0.05, 0) is 32.4 Å². The second kappa shape index (κ2) is 5.08. The first-order chi connectivity index (χ1) is 8.44. The summed E-state index contributed by atoms with van der Waals surface area (Å²) in [6, 6.07) is 3.97. The van der Waals surface area contributed by atoms with Gasteiger partial charge in [0, 0.05) is 18.3 Å². The second-order valence-corrected chi connectivity index (χ2v) is 5.67. The highest BCUT2D eigenvalue weighted by Gasteiger charge is 2.08. The van der Waals surface area contributed by atoms with Crippen molar-refractivity contribution in [2.45, 2.75) is 32.9 Å². The van der Waals surface area contributed by atoms with E-state index in [9.17, 15) is 0 Å². The van der Waals surface area contributed by atoms with Gasteiger partial charge in [0.2, 0.25) is 0 Å². The highest BCUT2D eigenvalue weighted by Crippen LogP contribution is 2.10. The summed E-state index contributed by atoms with van der Waals surface area (Å²) in [6.45, 7) is 7.22. The topological polar surface area (TPSA) is 42.7 Å². The van der Waals surface area contributed by atoms with Gasteiger partial charge in [-0.2, -0.15) is 5.10 Å². The maximum Gasteiger partial charge on any atom is 0.153 e. The summed E-state index contributed by atoms with van der Waals surface area (Å²) in [5.74, 6) is 0.765. The lowest BCUT2D eigenvalue weighted by Gasteiger charge is -2.20. The third-order valence-corrected chi connectivity index (χ3v) is 2.61. The summed E-state index contributed by atoms with van der Waals surface area (Å²) in [6.07, 6.45) is 5.18. The average molecular weight is 265 g/mol. The minimum atomic E-state index is 0.105. The van der Waals surface area contributed by atoms with Gasteiger partial charge in [0.25, 0.3) is 0 Å². The standard InChI is InChI=1S/C13H17ClN4/c1-13(2,3)16-7-10-4-5-12(15-6-10)18-9-11(14)8-17-18/h4-6,8-9,16H,7H2,1-3H3. The highest BCUT2D eigenvalue weighted by atomic mass is 35.5. The number of pyridine rings is 1. The SMILES string of the molecule is CC(C)(C)NCc1ccc(-n2cc(Cl)cn2)nc1. The third-order valence-electron chi connectivity index (χ3n) is 2.42. The van der Waals surface area contributed by atoms with Crippen molar-refractivity contribution >= 4 is 11.6 Å². The zero-order valence-corrected chi connectivity index (χ0v) is 11.6. The Bertz CT molecular complexity index is 511. The zero-order chi connectivity index (χ0) is 13.2. The average Bonchev–Trinajstić information content (AvgIpc) is 2.73. The van der Waals surface area contributed by atoms with Crippen molar-refractivity contribution in [3.05, 3.63) is 41.3 Å². The normalized spacial score (nSPS) is 11.8. The molecule has 0 aliphatic heterocycles. The summed E-state index contributed by atoms with van der Waals surface area (Å²) in [5, 5.41) is 8.13. The molecule has 0 amide bonds. The fourth-order valence-corrected chi connectivity index (χ4v) is 1.59. The Morgan fingerprint density at radius 1 is 1.28 bits per heavy atom. The Labute approximate surface area is 112 Å². The number of rotatable bonds is 3. The molecule has 0 saturated heterocycles. The van der Waals surface area contributed by atoms with Crippen LogP contribution in [0.2, 0.25) is 5.02 Å².